The Morgan fingerprint density at radius 1 is 1.47 bits per heavy atom. The minimum atomic E-state index is 0.485. The third-order valence-corrected chi connectivity index (χ3v) is 4.64. The van der Waals surface area contributed by atoms with Crippen LogP contribution < -0.4 is 5.32 Å². The molecule has 2 heterocycles. The normalized spacial score (nSPS) is 19.8. The Morgan fingerprint density at radius 3 is 2.76 bits per heavy atom. The van der Waals surface area contributed by atoms with Crippen LogP contribution in [-0.4, -0.2) is 36.6 Å². The van der Waals surface area contributed by atoms with Crippen LogP contribution in [-0.2, 0) is 6.54 Å². The Balaban J connectivity index is 1.88. The van der Waals surface area contributed by atoms with Crippen molar-refractivity contribution in [3.63, 3.8) is 0 Å². The number of hydrogen-bond donors (Lipinski definition) is 1. The SMILES string of the molecule is Cc1ncsc1CN(C)CC1(C)CCNCC1. The molecule has 0 saturated carbocycles. The van der Waals surface area contributed by atoms with E-state index in [1.54, 1.807) is 11.3 Å². The summed E-state index contributed by atoms with van der Waals surface area (Å²) in [5.41, 5.74) is 3.63. The fourth-order valence-corrected chi connectivity index (χ4v) is 3.48. The van der Waals surface area contributed by atoms with E-state index in [4.69, 9.17) is 0 Å². The highest BCUT2D eigenvalue weighted by Crippen LogP contribution is 2.29. The Hall–Kier alpha value is -0.450. The quantitative estimate of drug-likeness (QED) is 0.892. The molecule has 1 aromatic heterocycles. The zero-order valence-corrected chi connectivity index (χ0v) is 11.9. The highest BCUT2D eigenvalue weighted by molar-refractivity contribution is 7.09. The first-order chi connectivity index (χ1) is 8.09. The molecule has 2 rings (SSSR count). The number of rotatable bonds is 4. The Morgan fingerprint density at radius 2 is 2.18 bits per heavy atom. The zero-order valence-electron chi connectivity index (χ0n) is 11.1. The third kappa shape index (κ3) is 3.50. The van der Waals surface area contributed by atoms with Gasteiger partial charge >= 0.3 is 0 Å². The molecule has 0 amide bonds. The Labute approximate surface area is 108 Å². The molecule has 1 saturated heterocycles. The summed E-state index contributed by atoms with van der Waals surface area (Å²) in [4.78, 5) is 8.17. The van der Waals surface area contributed by atoms with Gasteiger partial charge in [-0.25, -0.2) is 4.98 Å². The summed E-state index contributed by atoms with van der Waals surface area (Å²) in [7, 11) is 2.23. The molecule has 0 radical (unpaired) electrons. The van der Waals surface area contributed by atoms with Crippen molar-refractivity contribution in [3.8, 4) is 0 Å². The summed E-state index contributed by atoms with van der Waals surface area (Å²) in [6.45, 7) is 9.09. The minimum Gasteiger partial charge on any atom is -0.317 e. The fourth-order valence-electron chi connectivity index (χ4n) is 2.62. The molecular weight excluding hydrogens is 230 g/mol. The van der Waals surface area contributed by atoms with Gasteiger partial charge in [0.2, 0.25) is 0 Å². The number of aromatic nitrogens is 1. The van der Waals surface area contributed by atoms with Crippen LogP contribution >= 0.6 is 11.3 Å². The van der Waals surface area contributed by atoms with Crippen LogP contribution in [0.5, 0.6) is 0 Å². The predicted molar refractivity (Wildman–Crippen MR) is 73.4 cm³/mol. The summed E-state index contributed by atoms with van der Waals surface area (Å²) in [6, 6.07) is 0. The molecule has 96 valence electrons. The second kappa shape index (κ2) is 5.46. The number of thiazole rings is 1. The van der Waals surface area contributed by atoms with E-state index in [-0.39, 0.29) is 0 Å². The maximum atomic E-state index is 4.32. The first kappa shape index (κ1) is 13.0. The van der Waals surface area contributed by atoms with Crippen molar-refractivity contribution in [2.45, 2.75) is 33.2 Å². The molecule has 17 heavy (non-hydrogen) atoms. The lowest BCUT2D eigenvalue weighted by Gasteiger charge is -2.37. The topological polar surface area (TPSA) is 28.2 Å². The van der Waals surface area contributed by atoms with E-state index in [9.17, 15) is 0 Å². The number of piperidine rings is 1. The molecule has 4 heteroatoms. The predicted octanol–water partition coefficient (Wildman–Crippen LogP) is 2.27. The molecule has 1 N–H and O–H groups in total. The summed E-state index contributed by atoms with van der Waals surface area (Å²) in [5.74, 6) is 0. The van der Waals surface area contributed by atoms with Crippen molar-refractivity contribution >= 4 is 11.3 Å². The van der Waals surface area contributed by atoms with E-state index in [1.807, 2.05) is 5.51 Å². The van der Waals surface area contributed by atoms with E-state index < -0.39 is 0 Å². The van der Waals surface area contributed by atoms with Crippen LogP contribution in [0.3, 0.4) is 0 Å². The van der Waals surface area contributed by atoms with Crippen molar-refractivity contribution in [1.29, 1.82) is 0 Å². The van der Waals surface area contributed by atoms with Gasteiger partial charge in [0.1, 0.15) is 0 Å². The fraction of sp³-hybridized carbons (Fsp3) is 0.769. The van der Waals surface area contributed by atoms with Crippen LogP contribution in [0, 0.1) is 12.3 Å². The van der Waals surface area contributed by atoms with Gasteiger partial charge in [-0.1, -0.05) is 6.92 Å². The summed E-state index contributed by atoms with van der Waals surface area (Å²) >= 11 is 1.77. The molecule has 0 unspecified atom stereocenters. The smallest absolute Gasteiger partial charge is 0.0798 e. The molecule has 1 aliphatic rings. The van der Waals surface area contributed by atoms with Gasteiger partial charge in [0, 0.05) is 18.0 Å². The lowest BCUT2D eigenvalue weighted by Crippen LogP contribution is -2.41. The van der Waals surface area contributed by atoms with Gasteiger partial charge in [0.05, 0.1) is 11.2 Å². The number of nitrogens with zero attached hydrogens (tertiary/aromatic N) is 2. The van der Waals surface area contributed by atoms with Crippen molar-refractivity contribution in [2.24, 2.45) is 5.41 Å². The first-order valence-electron chi connectivity index (χ1n) is 6.37. The standard InChI is InChI=1S/C13H23N3S/c1-11-12(17-10-15-11)8-16(3)9-13(2)4-6-14-7-5-13/h10,14H,4-9H2,1-3H3. The average Bonchev–Trinajstić information content (AvgIpc) is 2.64. The van der Waals surface area contributed by atoms with Crippen molar-refractivity contribution in [1.82, 2.24) is 15.2 Å². The molecule has 1 aromatic rings. The summed E-state index contributed by atoms with van der Waals surface area (Å²) in [6.07, 6.45) is 2.58. The molecule has 0 aromatic carbocycles. The van der Waals surface area contributed by atoms with Crippen LogP contribution in [0.15, 0.2) is 5.51 Å². The largest absolute Gasteiger partial charge is 0.317 e. The second-order valence-corrected chi connectivity index (χ2v) is 6.53. The average molecular weight is 253 g/mol. The van der Waals surface area contributed by atoms with Crippen LogP contribution in [0.1, 0.15) is 30.3 Å². The minimum absolute atomic E-state index is 0.485. The van der Waals surface area contributed by atoms with Crippen LogP contribution in [0.4, 0.5) is 0 Å². The number of aryl methyl sites for hydroxylation is 1. The lowest BCUT2D eigenvalue weighted by molar-refractivity contribution is 0.144. The third-order valence-electron chi connectivity index (χ3n) is 3.72. The molecule has 1 aliphatic heterocycles. The van der Waals surface area contributed by atoms with Gasteiger partial charge in [-0.2, -0.15) is 0 Å². The molecule has 0 spiro atoms. The molecule has 0 bridgehead atoms. The van der Waals surface area contributed by atoms with Crippen LogP contribution in [0.2, 0.25) is 0 Å². The molecule has 1 fully saturated rings. The van der Waals surface area contributed by atoms with Gasteiger partial charge in [-0.05, 0) is 45.3 Å². The molecule has 3 nitrogen and oxygen atoms in total. The van der Waals surface area contributed by atoms with Gasteiger partial charge < -0.3 is 10.2 Å². The number of nitrogens with one attached hydrogen (secondary N) is 1. The van der Waals surface area contributed by atoms with Crippen LogP contribution in [0.25, 0.3) is 0 Å². The van der Waals surface area contributed by atoms with E-state index in [1.165, 1.54) is 43.0 Å². The van der Waals surface area contributed by atoms with E-state index >= 15 is 0 Å². The zero-order chi connectivity index (χ0) is 12.3. The van der Waals surface area contributed by atoms with Gasteiger partial charge in [0.15, 0.2) is 0 Å². The van der Waals surface area contributed by atoms with Crippen molar-refractivity contribution in [2.75, 3.05) is 26.7 Å². The summed E-state index contributed by atoms with van der Waals surface area (Å²) < 4.78 is 0. The maximum absolute atomic E-state index is 4.32. The van der Waals surface area contributed by atoms with Crippen molar-refractivity contribution in [3.05, 3.63) is 16.1 Å². The second-order valence-electron chi connectivity index (χ2n) is 5.59. The number of hydrogen-bond acceptors (Lipinski definition) is 4. The monoisotopic (exact) mass is 253 g/mol. The first-order valence-corrected chi connectivity index (χ1v) is 7.25. The molecule has 0 aliphatic carbocycles. The maximum Gasteiger partial charge on any atom is 0.0798 e. The molecular formula is C13H23N3S. The Kier molecular flexibility index (Phi) is 4.17. The molecule has 0 atom stereocenters. The Bertz CT molecular complexity index is 355. The highest BCUT2D eigenvalue weighted by atomic mass is 32.1. The van der Waals surface area contributed by atoms with E-state index in [0.717, 1.165) is 6.54 Å². The van der Waals surface area contributed by atoms with E-state index in [0.29, 0.717) is 5.41 Å². The van der Waals surface area contributed by atoms with Gasteiger partial charge in [-0.15, -0.1) is 11.3 Å². The van der Waals surface area contributed by atoms with E-state index in [2.05, 4.69) is 36.1 Å². The lowest BCUT2D eigenvalue weighted by atomic mass is 9.80. The summed E-state index contributed by atoms with van der Waals surface area (Å²) in [5, 5.41) is 3.44. The van der Waals surface area contributed by atoms with Crippen molar-refractivity contribution < 1.29 is 0 Å². The van der Waals surface area contributed by atoms with Gasteiger partial charge in [-0.3, -0.25) is 0 Å². The highest BCUT2D eigenvalue weighted by Gasteiger charge is 2.28. The van der Waals surface area contributed by atoms with Gasteiger partial charge in [0.25, 0.3) is 0 Å².